The van der Waals surface area contributed by atoms with E-state index in [0.717, 1.165) is 34.1 Å². The van der Waals surface area contributed by atoms with Gasteiger partial charge in [0.15, 0.2) is 0 Å². The molecule has 5 rings (SSSR count). The summed E-state index contributed by atoms with van der Waals surface area (Å²) in [6, 6.07) is 20.1. The van der Waals surface area contributed by atoms with Crippen LogP contribution in [0.2, 0.25) is 0 Å². The van der Waals surface area contributed by atoms with Gasteiger partial charge in [0.1, 0.15) is 11.8 Å². The lowest BCUT2D eigenvalue weighted by Crippen LogP contribution is -2.50. The Bertz CT molecular complexity index is 1400. The van der Waals surface area contributed by atoms with E-state index in [-0.39, 0.29) is 16.8 Å². The summed E-state index contributed by atoms with van der Waals surface area (Å²) < 4.78 is 37.9. The predicted molar refractivity (Wildman–Crippen MR) is 148 cm³/mol. The number of hydrogen-bond acceptors (Lipinski definition) is 7. The number of carbonyl (C=O) groups excluding carboxylic acids is 1. The molecule has 9 nitrogen and oxygen atoms in total. The number of hydrogen-bond donors (Lipinski definition) is 1. The van der Waals surface area contributed by atoms with Crippen LogP contribution >= 0.6 is 0 Å². The summed E-state index contributed by atoms with van der Waals surface area (Å²) in [5.41, 5.74) is 4.44. The van der Waals surface area contributed by atoms with Crippen molar-refractivity contribution in [2.24, 2.45) is 0 Å². The Morgan fingerprint density at radius 2 is 1.61 bits per heavy atom. The van der Waals surface area contributed by atoms with Gasteiger partial charge in [-0.3, -0.25) is 4.79 Å². The van der Waals surface area contributed by atoms with Crippen molar-refractivity contribution in [2.45, 2.75) is 24.4 Å². The zero-order valence-corrected chi connectivity index (χ0v) is 22.6. The van der Waals surface area contributed by atoms with Crippen LogP contribution in [0.3, 0.4) is 0 Å². The van der Waals surface area contributed by atoms with Crippen molar-refractivity contribution in [3.63, 3.8) is 0 Å². The minimum absolute atomic E-state index is 0.0313. The third-order valence-electron chi connectivity index (χ3n) is 7.06. The molecule has 0 unspecified atom stereocenters. The van der Waals surface area contributed by atoms with Crippen molar-refractivity contribution < 1.29 is 22.7 Å². The molecule has 2 aliphatic heterocycles. The lowest BCUT2D eigenvalue weighted by Gasteiger charge is -2.40. The maximum atomic E-state index is 13.0. The number of rotatable bonds is 7. The third kappa shape index (κ3) is 5.07. The molecule has 1 fully saturated rings. The number of carbonyl (C=O) groups is 1. The number of nitrogens with one attached hydrogen (secondary N) is 1. The summed E-state index contributed by atoms with van der Waals surface area (Å²) in [6.07, 6.45) is 0. The minimum Gasteiger partial charge on any atom is -0.497 e. The molecule has 10 heteroatoms. The number of morpholine rings is 1. The van der Waals surface area contributed by atoms with E-state index in [0.29, 0.717) is 32.8 Å². The quantitative estimate of drug-likeness (QED) is 0.491. The number of methoxy groups -OCH3 is 1. The molecule has 200 valence electrons. The van der Waals surface area contributed by atoms with Crippen LogP contribution in [0, 0.1) is 0 Å². The predicted octanol–water partition coefficient (Wildman–Crippen LogP) is 3.83. The van der Waals surface area contributed by atoms with Gasteiger partial charge in [-0.2, -0.15) is 4.31 Å². The standard InChI is InChI=1S/C28H32N4O5S/c1-20-28(33)30(2)26-13-8-23(18-27(26)32(20)19-21-4-9-24(36-3)10-5-21)29-22-6-11-25(12-7-22)38(34,35)31-14-16-37-17-15-31/h4-13,18,20,29H,14-17,19H2,1-3H3/t20-/m1/s1. The van der Waals surface area contributed by atoms with Gasteiger partial charge in [0.2, 0.25) is 15.9 Å². The van der Waals surface area contributed by atoms with E-state index in [1.165, 1.54) is 4.31 Å². The first-order valence-corrected chi connectivity index (χ1v) is 14.0. The fourth-order valence-corrected chi connectivity index (χ4v) is 6.23. The van der Waals surface area contributed by atoms with E-state index in [4.69, 9.17) is 9.47 Å². The largest absolute Gasteiger partial charge is 0.497 e. The average molecular weight is 537 g/mol. The van der Waals surface area contributed by atoms with E-state index in [2.05, 4.69) is 10.2 Å². The molecule has 0 aromatic heterocycles. The molecule has 0 radical (unpaired) electrons. The van der Waals surface area contributed by atoms with E-state index in [1.54, 1.807) is 43.3 Å². The number of benzene rings is 3. The van der Waals surface area contributed by atoms with Crippen LogP contribution in [0.5, 0.6) is 5.75 Å². The van der Waals surface area contributed by atoms with Crippen molar-refractivity contribution >= 4 is 38.7 Å². The maximum absolute atomic E-state index is 13.0. The van der Waals surface area contributed by atoms with Crippen LogP contribution in [0.25, 0.3) is 0 Å². The Balaban J connectivity index is 1.38. The molecule has 1 amide bonds. The van der Waals surface area contributed by atoms with Crippen LogP contribution in [-0.2, 0) is 26.1 Å². The number of fused-ring (bicyclic) bond motifs is 1. The molecule has 0 aliphatic carbocycles. The molecule has 3 aromatic rings. The summed E-state index contributed by atoms with van der Waals surface area (Å²) in [7, 11) is -0.118. The summed E-state index contributed by atoms with van der Waals surface area (Å²) >= 11 is 0. The SMILES string of the molecule is COc1ccc(CN2c3cc(Nc4ccc(S(=O)(=O)N5CCOCC5)cc4)ccc3N(C)C(=O)[C@H]2C)cc1. The zero-order valence-electron chi connectivity index (χ0n) is 21.8. The molecule has 1 saturated heterocycles. The number of ether oxygens (including phenoxy) is 2. The second kappa shape index (κ2) is 10.6. The van der Waals surface area contributed by atoms with Crippen LogP contribution in [-0.4, -0.2) is 65.1 Å². The third-order valence-corrected chi connectivity index (χ3v) is 8.98. The Labute approximate surface area is 223 Å². The Hall–Kier alpha value is -3.60. The smallest absolute Gasteiger partial charge is 0.249 e. The van der Waals surface area contributed by atoms with Crippen LogP contribution < -0.4 is 19.9 Å². The number of nitrogens with zero attached hydrogens (tertiary/aromatic N) is 3. The molecule has 2 aliphatic rings. The first kappa shape index (κ1) is 26.0. The average Bonchev–Trinajstić information content (AvgIpc) is 2.95. The van der Waals surface area contributed by atoms with E-state index >= 15 is 0 Å². The lowest BCUT2D eigenvalue weighted by atomic mass is 10.0. The van der Waals surface area contributed by atoms with Gasteiger partial charge in [0.25, 0.3) is 0 Å². The summed E-state index contributed by atoms with van der Waals surface area (Å²) in [4.78, 5) is 17.0. The highest BCUT2D eigenvalue weighted by molar-refractivity contribution is 7.89. The first-order chi connectivity index (χ1) is 18.3. The van der Waals surface area contributed by atoms with Gasteiger partial charge in [-0.25, -0.2) is 8.42 Å². The molecule has 38 heavy (non-hydrogen) atoms. The van der Waals surface area contributed by atoms with Crippen LogP contribution in [0.15, 0.2) is 71.6 Å². The molecule has 0 saturated carbocycles. The minimum atomic E-state index is -3.55. The van der Waals surface area contributed by atoms with Crippen molar-refractivity contribution in [3.8, 4) is 5.75 Å². The van der Waals surface area contributed by atoms with Crippen LogP contribution in [0.1, 0.15) is 12.5 Å². The molecular formula is C28H32N4O5S. The topological polar surface area (TPSA) is 91.4 Å². The number of anilines is 4. The van der Waals surface area contributed by atoms with E-state index in [9.17, 15) is 13.2 Å². The molecule has 2 heterocycles. The van der Waals surface area contributed by atoms with Gasteiger partial charge < -0.3 is 24.6 Å². The van der Waals surface area contributed by atoms with Gasteiger partial charge in [-0.15, -0.1) is 0 Å². The van der Waals surface area contributed by atoms with Crippen molar-refractivity contribution in [1.82, 2.24) is 4.31 Å². The van der Waals surface area contributed by atoms with Crippen LogP contribution in [0.4, 0.5) is 22.7 Å². The molecule has 1 atom stereocenters. The number of sulfonamides is 1. The highest BCUT2D eigenvalue weighted by Crippen LogP contribution is 2.39. The van der Waals surface area contributed by atoms with E-state index < -0.39 is 10.0 Å². The molecular weight excluding hydrogens is 504 g/mol. The van der Waals surface area contributed by atoms with Crippen molar-refractivity contribution in [2.75, 3.05) is 55.6 Å². The van der Waals surface area contributed by atoms with Gasteiger partial charge in [-0.05, 0) is 67.1 Å². The summed E-state index contributed by atoms with van der Waals surface area (Å²) in [5.74, 6) is 0.815. The fourth-order valence-electron chi connectivity index (χ4n) is 4.82. The number of likely N-dealkylation sites (N-methyl/N-ethyl adjacent to an activating group) is 1. The maximum Gasteiger partial charge on any atom is 0.249 e. The fraction of sp³-hybridized carbons (Fsp3) is 0.321. The zero-order chi connectivity index (χ0) is 26.9. The molecule has 0 bridgehead atoms. The Morgan fingerprint density at radius 3 is 2.26 bits per heavy atom. The highest BCUT2D eigenvalue weighted by atomic mass is 32.2. The summed E-state index contributed by atoms with van der Waals surface area (Å²) in [6.45, 7) is 4.02. The van der Waals surface area contributed by atoms with Gasteiger partial charge in [0.05, 0.1) is 36.6 Å². The summed E-state index contributed by atoms with van der Waals surface area (Å²) in [5, 5.41) is 3.38. The molecule has 1 N–H and O–H groups in total. The van der Waals surface area contributed by atoms with Gasteiger partial charge >= 0.3 is 0 Å². The second-order valence-corrected chi connectivity index (χ2v) is 11.4. The van der Waals surface area contributed by atoms with E-state index in [1.807, 2.05) is 49.4 Å². The Morgan fingerprint density at radius 1 is 0.947 bits per heavy atom. The molecule has 0 spiro atoms. The van der Waals surface area contributed by atoms with Gasteiger partial charge in [0, 0.05) is 38.1 Å². The molecule has 3 aromatic carbocycles. The van der Waals surface area contributed by atoms with Crippen molar-refractivity contribution in [3.05, 3.63) is 72.3 Å². The Kier molecular flexibility index (Phi) is 7.29. The second-order valence-electron chi connectivity index (χ2n) is 9.42. The highest BCUT2D eigenvalue weighted by Gasteiger charge is 2.33. The number of amides is 1. The normalized spacial score (nSPS) is 18.3. The monoisotopic (exact) mass is 536 g/mol. The van der Waals surface area contributed by atoms with Gasteiger partial charge in [-0.1, -0.05) is 12.1 Å². The first-order valence-electron chi connectivity index (χ1n) is 12.5. The lowest BCUT2D eigenvalue weighted by molar-refractivity contribution is -0.119. The van der Waals surface area contributed by atoms with Crippen molar-refractivity contribution in [1.29, 1.82) is 0 Å².